The number of hydrogen-bond donors (Lipinski definition) is 2. The van der Waals surface area contributed by atoms with Crippen molar-refractivity contribution in [1.82, 2.24) is 0 Å². The van der Waals surface area contributed by atoms with Crippen LogP contribution in [-0.2, 0) is 0 Å². The number of phenols is 1. The number of benzene rings is 2. The smallest absolute Gasteiger partial charge is 0.142 e. The Kier molecular flexibility index (Phi) is 4.71. The largest absolute Gasteiger partial charge is 0.508 e. The summed E-state index contributed by atoms with van der Waals surface area (Å²) in [6.07, 6.45) is 0.875. The van der Waals surface area contributed by atoms with E-state index < -0.39 is 0 Å². The van der Waals surface area contributed by atoms with Crippen molar-refractivity contribution in [1.29, 1.82) is 0 Å². The molecule has 0 amide bonds. The van der Waals surface area contributed by atoms with Crippen LogP contribution in [0.25, 0.3) is 0 Å². The number of ether oxygens (including phenoxy) is 1. The Morgan fingerprint density at radius 3 is 2.70 bits per heavy atom. The molecule has 3 N–H and O–H groups in total. The third kappa shape index (κ3) is 3.82. The number of anilines is 2. The normalized spacial score (nSPS) is 10.2. The van der Waals surface area contributed by atoms with Gasteiger partial charge in [0.1, 0.15) is 11.5 Å². The molecule has 0 aromatic heterocycles. The molecule has 106 valence electrons. The van der Waals surface area contributed by atoms with Crippen molar-refractivity contribution in [2.75, 3.05) is 30.8 Å². The van der Waals surface area contributed by atoms with E-state index in [-0.39, 0.29) is 5.75 Å². The predicted octanol–water partition coefficient (Wildman–Crippen LogP) is 2.88. The third-order valence-corrected chi connectivity index (χ3v) is 3.08. The lowest BCUT2D eigenvalue weighted by Gasteiger charge is -2.19. The zero-order valence-electron chi connectivity index (χ0n) is 11.6. The van der Waals surface area contributed by atoms with Gasteiger partial charge in [-0.3, -0.25) is 0 Å². The summed E-state index contributed by atoms with van der Waals surface area (Å²) in [5, 5.41) is 9.45. The van der Waals surface area contributed by atoms with Crippen molar-refractivity contribution in [3.8, 4) is 11.5 Å². The Morgan fingerprint density at radius 1 is 1.15 bits per heavy atom. The van der Waals surface area contributed by atoms with Crippen molar-refractivity contribution in [3.63, 3.8) is 0 Å². The molecule has 0 bridgehead atoms. The van der Waals surface area contributed by atoms with Gasteiger partial charge in [-0.2, -0.15) is 0 Å². The Labute approximate surface area is 119 Å². The van der Waals surface area contributed by atoms with E-state index in [0.29, 0.717) is 12.3 Å². The molecule has 0 heterocycles. The Bertz CT molecular complexity index is 558. The van der Waals surface area contributed by atoms with Crippen molar-refractivity contribution < 1.29 is 9.84 Å². The van der Waals surface area contributed by atoms with Crippen molar-refractivity contribution in [2.45, 2.75) is 6.42 Å². The number of nitrogens with zero attached hydrogens (tertiary/aromatic N) is 1. The molecule has 0 fully saturated rings. The monoisotopic (exact) mass is 272 g/mol. The summed E-state index contributed by atoms with van der Waals surface area (Å²) in [5.74, 6) is 1.01. The fraction of sp³-hybridized carbons (Fsp3) is 0.250. The first-order chi connectivity index (χ1) is 9.66. The van der Waals surface area contributed by atoms with Crippen LogP contribution in [0.3, 0.4) is 0 Å². The van der Waals surface area contributed by atoms with Gasteiger partial charge in [0, 0.05) is 25.3 Å². The average molecular weight is 272 g/mol. The maximum atomic E-state index is 9.45. The molecule has 0 atom stereocenters. The van der Waals surface area contributed by atoms with Crippen molar-refractivity contribution in [2.24, 2.45) is 0 Å². The molecule has 0 aliphatic rings. The molecule has 20 heavy (non-hydrogen) atoms. The highest BCUT2D eigenvalue weighted by Crippen LogP contribution is 2.21. The second kappa shape index (κ2) is 6.70. The number of phenolic OH excluding ortho intramolecular Hbond substituents is 1. The second-order valence-corrected chi connectivity index (χ2v) is 4.68. The fourth-order valence-electron chi connectivity index (χ4n) is 1.96. The lowest BCUT2D eigenvalue weighted by molar-refractivity contribution is 0.314. The van der Waals surface area contributed by atoms with Gasteiger partial charge >= 0.3 is 0 Å². The van der Waals surface area contributed by atoms with Crippen LogP contribution in [0.4, 0.5) is 11.4 Å². The van der Waals surface area contributed by atoms with E-state index in [9.17, 15) is 5.11 Å². The van der Waals surface area contributed by atoms with Gasteiger partial charge in [-0.1, -0.05) is 18.2 Å². The summed E-state index contributed by atoms with van der Waals surface area (Å²) >= 11 is 0. The summed E-state index contributed by atoms with van der Waals surface area (Å²) in [6.45, 7) is 1.45. The van der Waals surface area contributed by atoms with Crippen LogP contribution in [-0.4, -0.2) is 25.3 Å². The van der Waals surface area contributed by atoms with Crippen LogP contribution < -0.4 is 15.4 Å². The topological polar surface area (TPSA) is 58.7 Å². The van der Waals surface area contributed by atoms with Gasteiger partial charge in [0.25, 0.3) is 0 Å². The lowest BCUT2D eigenvalue weighted by Crippen LogP contribution is -2.20. The Balaban J connectivity index is 1.77. The van der Waals surface area contributed by atoms with Crippen LogP contribution in [0.2, 0.25) is 0 Å². The quantitative estimate of drug-likeness (QED) is 0.627. The van der Waals surface area contributed by atoms with E-state index in [0.717, 1.165) is 24.4 Å². The molecular formula is C16H20N2O2. The number of para-hydroxylation sites is 2. The summed E-state index contributed by atoms with van der Waals surface area (Å²) in [6, 6.07) is 14.7. The standard InChI is InChI=1S/C16H20N2O2/c1-18(13-6-4-7-14(19)12-13)10-5-11-20-16-9-3-2-8-15(16)17/h2-4,6-9,12,19H,5,10-11,17H2,1H3. The molecule has 4 heteroatoms. The molecular weight excluding hydrogens is 252 g/mol. The van der Waals surface area contributed by atoms with Crippen LogP contribution in [0.5, 0.6) is 11.5 Å². The van der Waals surface area contributed by atoms with E-state index in [1.165, 1.54) is 0 Å². The molecule has 0 saturated heterocycles. The predicted molar refractivity (Wildman–Crippen MR) is 82.3 cm³/mol. The molecule has 2 aromatic carbocycles. The zero-order valence-corrected chi connectivity index (χ0v) is 11.6. The molecule has 0 aliphatic heterocycles. The molecule has 2 aromatic rings. The van der Waals surface area contributed by atoms with Crippen LogP contribution >= 0.6 is 0 Å². The number of rotatable bonds is 6. The van der Waals surface area contributed by atoms with Gasteiger partial charge in [-0.25, -0.2) is 0 Å². The number of hydrogen-bond acceptors (Lipinski definition) is 4. The van der Waals surface area contributed by atoms with Crippen LogP contribution in [0.1, 0.15) is 6.42 Å². The number of nitrogen functional groups attached to an aromatic ring is 1. The highest BCUT2D eigenvalue weighted by atomic mass is 16.5. The maximum Gasteiger partial charge on any atom is 0.142 e. The summed E-state index contributed by atoms with van der Waals surface area (Å²) in [7, 11) is 1.99. The zero-order chi connectivity index (χ0) is 14.4. The van der Waals surface area contributed by atoms with E-state index in [4.69, 9.17) is 10.5 Å². The maximum absolute atomic E-state index is 9.45. The van der Waals surface area contributed by atoms with Gasteiger partial charge in [0.2, 0.25) is 0 Å². The first-order valence-corrected chi connectivity index (χ1v) is 6.64. The number of aromatic hydroxyl groups is 1. The molecule has 0 spiro atoms. The Morgan fingerprint density at radius 2 is 1.95 bits per heavy atom. The Hall–Kier alpha value is -2.36. The highest BCUT2D eigenvalue weighted by molar-refractivity contribution is 5.52. The van der Waals surface area contributed by atoms with E-state index in [1.807, 2.05) is 43.4 Å². The van der Waals surface area contributed by atoms with E-state index in [2.05, 4.69) is 4.90 Å². The first-order valence-electron chi connectivity index (χ1n) is 6.64. The van der Waals surface area contributed by atoms with E-state index in [1.54, 1.807) is 12.1 Å². The molecule has 0 aliphatic carbocycles. The molecule has 2 rings (SSSR count). The minimum atomic E-state index is 0.280. The third-order valence-electron chi connectivity index (χ3n) is 3.08. The van der Waals surface area contributed by atoms with Gasteiger partial charge in [-0.05, 0) is 30.7 Å². The lowest BCUT2D eigenvalue weighted by atomic mass is 10.2. The molecule has 0 unspecified atom stereocenters. The molecule has 0 radical (unpaired) electrons. The summed E-state index contributed by atoms with van der Waals surface area (Å²) < 4.78 is 5.65. The van der Waals surface area contributed by atoms with E-state index >= 15 is 0 Å². The minimum Gasteiger partial charge on any atom is -0.508 e. The molecule has 4 nitrogen and oxygen atoms in total. The van der Waals surface area contributed by atoms with Crippen molar-refractivity contribution in [3.05, 3.63) is 48.5 Å². The second-order valence-electron chi connectivity index (χ2n) is 4.68. The SMILES string of the molecule is CN(CCCOc1ccccc1N)c1cccc(O)c1. The highest BCUT2D eigenvalue weighted by Gasteiger charge is 2.02. The summed E-state index contributed by atoms with van der Waals surface area (Å²) in [4.78, 5) is 2.08. The average Bonchev–Trinajstić information content (AvgIpc) is 2.45. The van der Waals surface area contributed by atoms with Crippen LogP contribution in [0, 0.1) is 0 Å². The van der Waals surface area contributed by atoms with Gasteiger partial charge in [0.15, 0.2) is 0 Å². The van der Waals surface area contributed by atoms with Gasteiger partial charge in [-0.15, -0.1) is 0 Å². The minimum absolute atomic E-state index is 0.280. The molecule has 0 saturated carbocycles. The van der Waals surface area contributed by atoms with Gasteiger partial charge in [0.05, 0.1) is 12.3 Å². The number of nitrogens with two attached hydrogens (primary N) is 1. The first kappa shape index (κ1) is 14.1. The van der Waals surface area contributed by atoms with Gasteiger partial charge < -0.3 is 20.5 Å². The van der Waals surface area contributed by atoms with Crippen LogP contribution in [0.15, 0.2) is 48.5 Å². The van der Waals surface area contributed by atoms with Crippen molar-refractivity contribution >= 4 is 11.4 Å². The fourth-order valence-corrected chi connectivity index (χ4v) is 1.96. The summed E-state index contributed by atoms with van der Waals surface area (Å²) in [5.41, 5.74) is 7.46.